The summed E-state index contributed by atoms with van der Waals surface area (Å²) in [7, 11) is 0. The molecule has 168 valence electrons. The number of nitrogens with zero attached hydrogens (tertiary/aromatic N) is 1. The monoisotopic (exact) mass is 433 g/mol. The lowest BCUT2D eigenvalue weighted by molar-refractivity contribution is -0.133. The lowest BCUT2D eigenvalue weighted by atomic mass is 9.74. The van der Waals surface area contributed by atoms with Gasteiger partial charge in [0.2, 0.25) is 5.91 Å². The fourth-order valence-corrected chi connectivity index (χ4v) is 5.09. The lowest BCUT2D eigenvalue weighted by Crippen LogP contribution is -2.56. The molecular formula is C26H31N3O3. The molecule has 2 saturated heterocycles. The van der Waals surface area contributed by atoms with Crippen LogP contribution in [-0.2, 0) is 22.4 Å². The Bertz CT molecular complexity index is 983. The standard InChI is InChI=1S/C26H31N3O3/c1-19-8-5-6-12-21(19)18-23(30)29-16-13-22(14-17-29)26(24(31)27-25(32)28-26)15-7-11-20-9-3-2-4-10-20/h2-6,8-10,12,22H,7,11,13-18H2,1H3,(H2,27,28,31,32). The van der Waals surface area contributed by atoms with Crippen molar-refractivity contribution in [3.63, 3.8) is 0 Å². The number of imide groups is 1. The molecule has 0 radical (unpaired) electrons. The van der Waals surface area contributed by atoms with E-state index in [1.165, 1.54) is 5.56 Å². The largest absolute Gasteiger partial charge is 0.342 e. The Morgan fingerprint density at radius 3 is 2.38 bits per heavy atom. The van der Waals surface area contributed by atoms with Crippen LogP contribution in [0.5, 0.6) is 0 Å². The zero-order chi connectivity index (χ0) is 22.6. The summed E-state index contributed by atoms with van der Waals surface area (Å²) < 4.78 is 0. The van der Waals surface area contributed by atoms with Crippen molar-refractivity contribution in [3.05, 3.63) is 71.3 Å². The maximum absolute atomic E-state index is 12.9. The molecule has 4 rings (SSSR count). The van der Waals surface area contributed by atoms with Gasteiger partial charge in [-0.1, -0.05) is 54.6 Å². The minimum absolute atomic E-state index is 0.0206. The van der Waals surface area contributed by atoms with Crippen molar-refractivity contribution in [1.29, 1.82) is 0 Å². The average molecular weight is 434 g/mol. The zero-order valence-corrected chi connectivity index (χ0v) is 18.6. The van der Waals surface area contributed by atoms with Crippen LogP contribution in [-0.4, -0.2) is 41.4 Å². The smallest absolute Gasteiger partial charge is 0.322 e. The summed E-state index contributed by atoms with van der Waals surface area (Å²) >= 11 is 0. The Kier molecular flexibility index (Phi) is 6.58. The molecule has 2 aliphatic rings. The van der Waals surface area contributed by atoms with Crippen LogP contribution < -0.4 is 10.6 Å². The molecule has 0 aromatic heterocycles. The van der Waals surface area contributed by atoms with E-state index in [9.17, 15) is 14.4 Å². The SMILES string of the molecule is Cc1ccccc1CC(=O)N1CCC(C2(CCCc3ccccc3)NC(=O)NC2=O)CC1. The fourth-order valence-electron chi connectivity index (χ4n) is 5.09. The predicted octanol–water partition coefficient (Wildman–Crippen LogP) is 3.38. The maximum atomic E-state index is 12.9. The Morgan fingerprint density at radius 2 is 1.72 bits per heavy atom. The summed E-state index contributed by atoms with van der Waals surface area (Å²) in [6.07, 6.45) is 4.08. The molecule has 2 aliphatic heterocycles. The lowest BCUT2D eigenvalue weighted by Gasteiger charge is -2.41. The van der Waals surface area contributed by atoms with Gasteiger partial charge in [-0.15, -0.1) is 0 Å². The summed E-state index contributed by atoms with van der Waals surface area (Å²) in [5.74, 6) is -0.0803. The number of rotatable bonds is 7. The number of urea groups is 1. The van der Waals surface area contributed by atoms with E-state index in [4.69, 9.17) is 0 Å². The number of likely N-dealkylation sites (tertiary alicyclic amines) is 1. The third-order valence-electron chi connectivity index (χ3n) is 7.00. The van der Waals surface area contributed by atoms with Crippen molar-refractivity contribution >= 4 is 17.8 Å². The first-order valence-electron chi connectivity index (χ1n) is 11.5. The second kappa shape index (κ2) is 9.55. The van der Waals surface area contributed by atoms with E-state index in [1.54, 1.807) is 0 Å². The van der Waals surface area contributed by atoms with E-state index in [2.05, 4.69) is 22.8 Å². The number of hydrogen-bond donors (Lipinski definition) is 2. The van der Waals surface area contributed by atoms with E-state index in [0.29, 0.717) is 38.8 Å². The van der Waals surface area contributed by atoms with Crippen LogP contribution in [0.15, 0.2) is 54.6 Å². The quantitative estimate of drug-likeness (QED) is 0.657. The number of nitrogens with one attached hydrogen (secondary N) is 2. The summed E-state index contributed by atoms with van der Waals surface area (Å²) in [5, 5.41) is 5.42. The molecule has 2 aromatic carbocycles. The second-order valence-electron chi connectivity index (χ2n) is 8.98. The number of hydrogen-bond acceptors (Lipinski definition) is 3. The number of piperidine rings is 1. The van der Waals surface area contributed by atoms with Crippen molar-refractivity contribution in [1.82, 2.24) is 15.5 Å². The van der Waals surface area contributed by atoms with Crippen molar-refractivity contribution in [2.24, 2.45) is 5.92 Å². The number of benzene rings is 2. The molecule has 0 bridgehead atoms. The highest BCUT2D eigenvalue weighted by Crippen LogP contribution is 2.35. The van der Waals surface area contributed by atoms with Gasteiger partial charge < -0.3 is 10.2 Å². The van der Waals surface area contributed by atoms with E-state index < -0.39 is 11.6 Å². The molecule has 6 nitrogen and oxygen atoms in total. The van der Waals surface area contributed by atoms with Gasteiger partial charge in [-0.05, 0) is 61.6 Å². The minimum Gasteiger partial charge on any atom is -0.342 e. The third kappa shape index (κ3) is 4.69. The first kappa shape index (κ1) is 22.1. The molecule has 2 heterocycles. The van der Waals surface area contributed by atoms with Gasteiger partial charge in [0, 0.05) is 13.1 Å². The molecule has 0 saturated carbocycles. The number of carbonyl (C=O) groups is 3. The van der Waals surface area contributed by atoms with E-state index in [-0.39, 0.29) is 17.7 Å². The average Bonchev–Trinajstić information content (AvgIpc) is 3.10. The molecule has 0 aliphatic carbocycles. The molecule has 2 N–H and O–H groups in total. The van der Waals surface area contributed by atoms with Crippen LogP contribution in [0.3, 0.4) is 0 Å². The van der Waals surface area contributed by atoms with Crippen LogP contribution in [0, 0.1) is 12.8 Å². The molecular weight excluding hydrogens is 402 g/mol. The number of amides is 4. The second-order valence-corrected chi connectivity index (χ2v) is 8.98. The number of aryl methyl sites for hydroxylation is 2. The molecule has 32 heavy (non-hydrogen) atoms. The summed E-state index contributed by atoms with van der Waals surface area (Å²) in [4.78, 5) is 39.7. The first-order valence-corrected chi connectivity index (χ1v) is 11.5. The fraction of sp³-hybridized carbons (Fsp3) is 0.423. The van der Waals surface area contributed by atoms with Crippen molar-refractivity contribution in [2.45, 2.75) is 51.0 Å². The minimum atomic E-state index is -0.878. The van der Waals surface area contributed by atoms with Crippen molar-refractivity contribution < 1.29 is 14.4 Å². The van der Waals surface area contributed by atoms with Gasteiger partial charge in [0.15, 0.2) is 0 Å². The van der Waals surface area contributed by atoms with Crippen LogP contribution in [0.4, 0.5) is 4.79 Å². The topological polar surface area (TPSA) is 78.5 Å². The van der Waals surface area contributed by atoms with Crippen molar-refractivity contribution in [2.75, 3.05) is 13.1 Å². The van der Waals surface area contributed by atoms with Crippen LogP contribution in [0.2, 0.25) is 0 Å². The third-order valence-corrected chi connectivity index (χ3v) is 7.00. The van der Waals surface area contributed by atoms with Crippen LogP contribution in [0.1, 0.15) is 42.4 Å². The molecule has 1 atom stereocenters. The summed E-state index contributed by atoms with van der Waals surface area (Å²) in [5.41, 5.74) is 2.53. The highest BCUT2D eigenvalue weighted by molar-refractivity contribution is 6.07. The van der Waals surface area contributed by atoms with Gasteiger partial charge in [0.1, 0.15) is 5.54 Å². The van der Waals surface area contributed by atoms with Gasteiger partial charge in [-0.25, -0.2) is 4.79 Å². The molecule has 2 aromatic rings. The van der Waals surface area contributed by atoms with Gasteiger partial charge in [-0.2, -0.15) is 0 Å². The van der Waals surface area contributed by atoms with Gasteiger partial charge >= 0.3 is 6.03 Å². The van der Waals surface area contributed by atoms with E-state index in [0.717, 1.165) is 24.0 Å². The first-order chi connectivity index (χ1) is 15.5. The van der Waals surface area contributed by atoms with Crippen LogP contribution in [0.25, 0.3) is 0 Å². The van der Waals surface area contributed by atoms with Gasteiger partial charge in [0.05, 0.1) is 6.42 Å². The summed E-state index contributed by atoms with van der Waals surface area (Å²) in [6.45, 7) is 3.24. The van der Waals surface area contributed by atoms with Gasteiger partial charge in [-0.3, -0.25) is 14.9 Å². The maximum Gasteiger partial charge on any atom is 0.322 e. The van der Waals surface area contributed by atoms with Crippen molar-refractivity contribution in [3.8, 4) is 0 Å². The predicted molar refractivity (Wildman–Crippen MR) is 123 cm³/mol. The zero-order valence-electron chi connectivity index (χ0n) is 18.6. The highest BCUT2D eigenvalue weighted by atomic mass is 16.2. The molecule has 6 heteroatoms. The van der Waals surface area contributed by atoms with E-state index in [1.807, 2.05) is 54.3 Å². The Labute approximate surface area is 189 Å². The highest BCUT2D eigenvalue weighted by Gasteiger charge is 2.51. The molecule has 1 unspecified atom stereocenters. The van der Waals surface area contributed by atoms with E-state index >= 15 is 0 Å². The molecule has 2 fully saturated rings. The Hall–Kier alpha value is -3.15. The Morgan fingerprint density at radius 1 is 1.03 bits per heavy atom. The molecule has 0 spiro atoms. The van der Waals surface area contributed by atoms with Crippen LogP contribution >= 0.6 is 0 Å². The Balaban J connectivity index is 1.38. The van der Waals surface area contributed by atoms with Gasteiger partial charge in [0.25, 0.3) is 5.91 Å². The summed E-state index contributed by atoms with van der Waals surface area (Å²) in [6, 6.07) is 17.7. The normalized spacial score (nSPS) is 21.3. The number of carbonyl (C=O) groups excluding carboxylic acids is 3. The molecule has 4 amide bonds.